The highest BCUT2D eigenvalue weighted by Crippen LogP contribution is 2.50. The van der Waals surface area contributed by atoms with Crippen LogP contribution in [-0.2, 0) is 20.6 Å². The van der Waals surface area contributed by atoms with E-state index in [-0.39, 0.29) is 30.6 Å². The van der Waals surface area contributed by atoms with Gasteiger partial charge in [0.25, 0.3) is 11.5 Å². The molecule has 0 saturated carbocycles. The topological polar surface area (TPSA) is 76.1 Å². The van der Waals surface area contributed by atoms with Crippen molar-refractivity contribution >= 4 is 11.8 Å². The molecule has 0 bridgehead atoms. The number of ether oxygens (including phenoxy) is 2. The smallest absolute Gasteiger partial charge is 0.430 e. The number of amides is 2. The third-order valence-electron chi connectivity index (χ3n) is 6.79. The molecule has 1 heterocycles. The van der Waals surface area contributed by atoms with Crippen molar-refractivity contribution in [1.82, 2.24) is 4.90 Å². The fourth-order valence-electron chi connectivity index (χ4n) is 4.44. The minimum absolute atomic E-state index is 0.0169. The minimum Gasteiger partial charge on any atom is -0.493 e. The summed E-state index contributed by atoms with van der Waals surface area (Å²) in [7, 11) is 0. The number of imide groups is 1. The van der Waals surface area contributed by atoms with E-state index < -0.39 is 40.7 Å². The first-order chi connectivity index (χ1) is 18.9. The highest BCUT2D eigenvalue weighted by molar-refractivity contribution is 6.09. The molecule has 1 aliphatic heterocycles. The van der Waals surface area contributed by atoms with Crippen LogP contribution in [0.15, 0.2) is 54.6 Å². The van der Waals surface area contributed by atoms with Crippen molar-refractivity contribution in [3.05, 3.63) is 71.3 Å². The molecule has 12 heteroatoms. The standard InChI is InChI=1S/C29H31F6NO5/c1-18(2)41-22-10-7-20(8-11-22)26(4)14-13-24(37)36(25(26)38)15-5-6-16-40-23-12-9-21(17-19(23)3)27(39,28(30,31)32)29(33,34)35/h7-14,17-18,39H,5-6,15-16H2,1-4H3. The van der Waals surface area contributed by atoms with Gasteiger partial charge in [-0.25, -0.2) is 0 Å². The second kappa shape index (κ2) is 11.8. The number of unbranched alkanes of at least 4 members (excludes halogenated alkanes) is 1. The molecule has 1 atom stereocenters. The Morgan fingerprint density at radius 3 is 2.10 bits per heavy atom. The molecule has 1 N–H and O–H groups in total. The van der Waals surface area contributed by atoms with Gasteiger partial charge in [-0.1, -0.05) is 24.3 Å². The fourth-order valence-corrected chi connectivity index (χ4v) is 4.44. The summed E-state index contributed by atoms with van der Waals surface area (Å²) in [6.07, 6.45) is -8.43. The first-order valence-corrected chi connectivity index (χ1v) is 12.8. The number of rotatable bonds is 10. The minimum atomic E-state index is -5.99. The number of hydrogen-bond acceptors (Lipinski definition) is 5. The molecular weight excluding hydrogens is 556 g/mol. The summed E-state index contributed by atoms with van der Waals surface area (Å²) in [5, 5.41) is 9.58. The van der Waals surface area contributed by atoms with Crippen molar-refractivity contribution in [1.29, 1.82) is 0 Å². The molecule has 3 rings (SSSR count). The van der Waals surface area contributed by atoms with Gasteiger partial charge in [-0.05, 0) is 75.9 Å². The summed E-state index contributed by atoms with van der Waals surface area (Å²) in [6.45, 7) is 6.85. The summed E-state index contributed by atoms with van der Waals surface area (Å²) in [4.78, 5) is 26.9. The second-order valence-corrected chi connectivity index (χ2v) is 10.3. The molecule has 2 aromatic carbocycles. The summed E-state index contributed by atoms with van der Waals surface area (Å²) in [5.74, 6) is -0.196. The molecule has 224 valence electrons. The van der Waals surface area contributed by atoms with E-state index in [1.165, 1.54) is 13.0 Å². The van der Waals surface area contributed by atoms with Crippen LogP contribution in [-0.4, -0.2) is 53.4 Å². The SMILES string of the molecule is Cc1cc(C(O)(C(F)(F)F)C(F)(F)F)ccc1OCCCCN1C(=O)C=CC(C)(c2ccc(OC(C)C)cc2)C1=O. The molecule has 0 saturated heterocycles. The fraction of sp³-hybridized carbons (Fsp3) is 0.448. The molecule has 1 unspecified atom stereocenters. The highest BCUT2D eigenvalue weighted by atomic mass is 19.4. The van der Waals surface area contributed by atoms with Gasteiger partial charge in [-0.3, -0.25) is 14.5 Å². The van der Waals surface area contributed by atoms with Gasteiger partial charge in [0, 0.05) is 18.2 Å². The number of aliphatic hydroxyl groups is 1. The van der Waals surface area contributed by atoms with Gasteiger partial charge >= 0.3 is 12.4 Å². The van der Waals surface area contributed by atoms with E-state index >= 15 is 0 Å². The Balaban J connectivity index is 1.61. The number of nitrogens with zero attached hydrogens (tertiary/aromatic N) is 1. The quantitative estimate of drug-likeness (QED) is 0.206. The average molecular weight is 588 g/mol. The van der Waals surface area contributed by atoms with Crippen LogP contribution < -0.4 is 9.47 Å². The van der Waals surface area contributed by atoms with Crippen LogP contribution in [0.4, 0.5) is 26.3 Å². The van der Waals surface area contributed by atoms with Crippen LogP contribution in [0.2, 0.25) is 0 Å². The monoisotopic (exact) mass is 587 g/mol. The molecular formula is C29H31F6NO5. The number of carbonyl (C=O) groups is 2. The van der Waals surface area contributed by atoms with Crippen molar-refractivity contribution in [2.75, 3.05) is 13.2 Å². The normalized spacial score (nSPS) is 18.3. The third kappa shape index (κ3) is 6.52. The summed E-state index contributed by atoms with van der Waals surface area (Å²) >= 11 is 0. The number of alkyl halides is 6. The second-order valence-electron chi connectivity index (χ2n) is 10.3. The van der Waals surface area contributed by atoms with E-state index in [0.717, 1.165) is 11.0 Å². The zero-order chi connectivity index (χ0) is 30.8. The van der Waals surface area contributed by atoms with Crippen molar-refractivity contribution in [3.63, 3.8) is 0 Å². The van der Waals surface area contributed by atoms with E-state index in [1.807, 2.05) is 13.8 Å². The van der Waals surface area contributed by atoms with Crippen molar-refractivity contribution in [3.8, 4) is 11.5 Å². The molecule has 0 aliphatic carbocycles. The van der Waals surface area contributed by atoms with E-state index in [1.54, 1.807) is 37.3 Å². The maximum atomic E-state index is 13.3. The van der Waals surface area contributed by atoms with Crippen molar-refractivity contribution < 1.29 is 50.5 Å². The van der Waals surface area contributed by atoms with Gasteiger partial charge in [0.1, 0.15) is 11.5 Å². The largest absolute Gasteiger partial charge is 0.493 e. The first-order valence-electron chi connectivity index (χ1n) is 12.8. The number of halogens is 6. The highest BCUT2D eigenvalue weighted by Gasteiger charge is 2.71. The Morgan fingerprint density at radius 2 is 1.56 bits per heavy atom. The molecule has 6 nitrogen and oxygen atoms in total. The molecule has 41 heavy (non-hydrogen) atoms. The van der Waals surface area contributed by atoms with Crippen molar-refractivity contribution in [2.45, 2.75) is 70.0 Å². The summed E-state index contributed by atoms with van der Waals surface area (Å²) < 4.78 is 90.1. The van der Waals surface area contributed by atoms with E-state index in [9.17, 15) is 41.0 Å². The number of hydrogen-bond donors (Lipinski definition) is 1. The lowest BCUT2D eigenvalue weighted by Crippen LogP contribution is -2.53. The predicted molar refractivity (Wildman–Crippen MR) is 137 cm³/mol. The summed E-state index contributed by atoms with van der Waals surface area (Å²) in [6, 6.07) is 9.05. The molecule has 2 aromatic rings. The maximum absolute atomic E-state index is 13.3. The van der Waals surface area contributed by atoms with Crippen LogP contribution in [0.5, 0.6) is 11.5 Å². The van der Waals surface area contributed by atoms with Gasteiger partial charge in [-0.15, -0.1) is 0 Å². The Morgan fingerprint density at radius 1 is 0.951 bits per heavy atom. The number of aryl methyl sites for hydroxylation is 1. The maximum Gasteiger partial charge on any atom is 0.430 e. The lowest BCUT2D eigenvalue weighted by atomic mass is 9.79. The van der Waals surface area contributed by atoms with Gasteiger partial charge in [0.05, 0.1) is 18.1 Å². The lowest BCUT2D eigenvalue weighted by molar-refractivity contribution is -0.376. The average Bonchev–Trinajstić information content (AvgIpc) is 2.87. The Hall–Kier alpha value is -3.54. The summed E-state index contributed by atoms with van der Waals surface area (Å²) in [5.41, 5.74) is -6.83. The molecule has 1 aliphatic rings. The van der Waals surface area contributed by atoms with Gasteiger partial charge in [0.2, 0.25) is 5.91 Å². The van der Waals surface area contributed by atoms with Crippen LogP contribution in [0.25, 0.3) is 0 Å². The first kappa shape index (κ1) is 32.0. The van der Waals surface area contributed by atoms with Crippen LogP contribution >= 0.6 is 0 Å². The Bertz CT molecular complexity index is 1270. The lowest BCUT2D eigenvalue weighted by Gasteiger charge is -2.34. The van der Waals surface area contributed by atoms with Crippen LogP contribution in [0, 0.1) is 6.92 Å². The van der Waals surface area contributed by atoms with Crippen molar-refractivity contribution in [2.24, 2.45) is 0 Å². The molecule has 0 fully saturated rings. The van der Waals surface area contributed by atoms with E-state index in [0.29, 0.717) is 36.3 Å². The number of carbonyl (C=O) groups excluding carboxylic acids is 2. The molecule has 2 amide bonds. The third-order valence-corrected chi connectivity index (χ3v) is 6.79. The molecule has 0 spiro atoms. The van der Waals surface area contributed by atoms with Crippen LogP contribution in [0.3, 0.4) is 0 Å². The number of benzene rings is 2. The Labute approximate surface area is 233 Å². The van der Waals surface area contributed by atoms with Crippen LogP contribution in [0.1, 0.15) is 50.3 Å². The Kier molecular flexibility index (Phi) is 9.17. The molecule has 0 aromatic heterocycles. The van der Waals surface area contributed by atoms with E-state index in [4.69, 9.17) is 9.47 Å². The predicted octanol–water partition coefficient (Wildman–Crippen LogP) is 6.14. The van der Waals surface area contributed by atoms with Gasteiger partial charge in [-0.2, -0.15) is 26.3 Å². The zero-order valence-corrected chi connectivity index (χ0v) is 22.9. The molecule has 0 radical (unpaired) electrons. The van der Waals surface area contributed by atoms with Gasteiger partial charge < -0.3 is 14.6 Å². The van der Waals surface area contributed by atoms with E-state index in [2.05, 4.69) is 0 Å². The van der Waals surface area contributed by atoms with Gasteiger partial charge in [0.15, 0.2) is 0 Å². The zero-order valence-electron chi connectivity index (χ0n) is 22.9.